The first kappa shape index (κ1) is 30.2. The van der Waals surface area contributed by atoms with E-state index in [1.165, 1.54) is 21.4 Å². The van der Waals surface area contributed by atoms with Crippen LogP contribution in [-0.2, 0) is 10.4 Å². The Morgan fingerprint density at radius 2 is 1.69 bits per heavy atom. The first-order chi connectivity index (χ1) is 16.3. The van der Waals surface area contributed by atoms with Gasteiger partial charge in [0.15, 0.2) is 5.82 Å². The van der Waals surface area contributed by atoms with Crippen molar-refractivity contribution in [2.24, 2.45) is 0 Å². The van der Waals surface area contributed by atoms with Gasteiger partial charge in [0.1, 0.15) is 11.3 Å². The molecule has 2 N–H and O–H groups in total. The van der Waals surface area contributed by atoms with E-state index in [2.05, 4.69) is 28.7 Å². The quantitative estimate of drug-likeness (QED) is 0.300. The molecule has 1 aliphatic rings. The maximum atomic E-state index is 13.4. The highest BCUT2D eigenvalue weighted by molar-refractivity contribution is 7.17. The van der Waals surface area contributed by atoms with Crippen molar-refractivity contribution in [3.63, 3.8) is 0 Å². The van der Waals surface area contributed by atoms with Crippen molar-refractivity contribution >= 4 is 25.8 Å². The average molecular weight is 508 g/mol. The van der Waals surface area contributed by atoms with E-state index in [0.29, 0.717) is 43.8 Å². The summed E-state index contributed by atoms with van der Waals surface area (Å²) >= 11 is 0. The Bertz CT molecular complexity index is 1080. The van der Waals surface area contributed by atoms with Crippen molar-refractivity contribution < 1.29 is 23.0 Å². The molecule has 9 heteroatoms. The van der Waals surface area contributed by atoms with Gasteiger partial charge in [-0.25, -0.2) is 0 Å². The van der Waals surface area contributed by atoms with Crippen LogP contribution >= 0.6 is 9.24 Å². The highest BCUT2D eigenvalue weighted by Gasteiger charge is 2.32. The van der Waals surface area contributed by atoms with Crippen LogP contribution in [-0.4, -0.2) is 47.8 Å². The molecule has 0 radical (unpaired) electrons. The van der Waals surface area contributed by atoms with E-state index in [1.54, 1.807) is 24.3 Å². The molecule has 1 aromatic heterocycles. The maximum absolute atomic E-state index is 13.4. The van der Waals surface area contributed by atoms with Gasteiger partial charge in [0.05, 0.1) is 13.8 Å². The SMILES string of the molecule is C.C=CC=C.CF.OC1(CNc2nnc(-c3ccc(C(F)(F)P)cc3)c3ccccc23)CCOC1. The Morgan fingerprint density at radius 1 is 1.09 bits per heavy atom. The van der Waals surface area contributed by atoms with E-state index in [0.717, 1.165) is 10.8 Å². The van der Waals surface area contributed by atoms with Crippen LogP contribution in [0.4, 0.5) is 19.0 Å². The molecule has 2 atom stereocenters. The van der Waals surface area contributed by atoms with Gasteiger partial charge in [-0.15, -0.1) is 10.2 Å². The summed E-state index contributed by atoms with van der Waals surface area (Å²) < 4.78 is 41.6. The van der Waals surface area contributed by atoms with Crippen molar-refractivity contribution in [3.8, 4) is 11.3 Å². The summed E-state index contributed by atoms with van der Waals surface area (Å²) in [6.07, 6.45) is 3.84. The van der Waals surface area contributed by atoms with Crippen LogP contribution in [0.25, 0.3) is 22.0 Å². The number of aliphatic hydroxyl groups is 1. The lowest BCUT2D eigenvalue weighted by Gasteiger charge is -2.21. The molecule has 190 valence electrons. The molecule has 0 spiro atoms. The molecule has 35 heavy (non-hydrogen) atoms. The molecule has 2 heterocycles. The molecule has 0 aliphatic carbocycles. The normalized spacial score (nSPS) is 16.6. The van der Waals surface area contributed by atoms with Crippen LogP contribution in [0.1, 0.15) is 19.4 Å². The standard InChI is InChI=1S/C20H20F2N3O2P.C4H6.CH3F.CH4/c21-20(22,28)14-7-5-13(6-8-14)17-15-3-1-2-4-16(15)18(25-24-17)23-11-19(26)9-10-27-12-19;1-3-4-2;1-2;/h1-8,26H,9-12,28H2,(H,23,25);3-4H,1-2H2;1H3;1H4. The molecule has 3 aromatic rings. The summed E-state index contributed by atoms with van der Waals surface area (Å²) in [5.74, 6) is 0.563. The third-order valence-electron chi connectivity index (χ3n) is 5.06. The van der Waals surface area contributed by atoms with Crippen LogP contribution < -0.4 is 5.32 Å². The van der Waals surface area contributed by atoms with Gasteiger partial charge in [0.2, 0.25) is 0 Å². The van der Waals surface area contributed by atoms with E-state index in [1.807, 2.05) is 24.3 Å². The smallest absolute Gasteiger partial charge is 0.283 e. The van der Waals surface area contributed by atoms with Gasteiger partial charge >= 0.3 is 0 Å². The molecule has 5 nitrogen and oxygen atoms in total. The summed E-state index contributed by atoms with van der Waals surface area (Å²) in [7, 11) is 2.04. The lowest BCUT2D eigenvalue weighted by atomic mass is 10.0. The van der Waals surface area contributed by atoms with Crippen molar-refractivity contribution in [1.29, 1.82) is 0 Å². The zero-order chi connectivity index (χ0) is 25.2. The van der Waals surface area contributed by atoms with Crippen molar-refractivity contribution in [2.75, 3.05) is 32.3 Å². The molecule has 0 amide bonds. The summed E-state index contributed by atoms with van der Waals surface area (Å²) in [5.41, 5.74) is -2.65. The molecule has 0 bridgehead atoms. The molecule has 2 unspecified atom stereocenters. The Morgan fingerprint density at radius 3 is 2.20 bits per heavy atom. The number of nitrogens with one attached hydrogen (secondary N) is 1. The number of nitrogens with zero attached hydrogens (tertiary/aromatic N) is 2. The summed E-state index contributed by atoms with van der Waals surface area (Å²) in [6, 6.07) is 13.6. The van der Waals surface area contributed by atoms with Crippen molar-refractivity contribution in [2.45, 2.75) is 25.1 Å². The molecule has 1 fully saturated rings. The number of hydrogen-bond acceptors (Lipinski definition) is 5. The molecule has 4 rings (SSSR count). The lowest BCUT2D eigenvalue weighted by molar-refractivity contribution is 0.0381. The minimum Gasteiger partial charge on any atom is -0.386 e. The minimum atomic E-state index is -2.97. The van der Waals surface area contributed by atoms with E-state index >= 15 is 0 Å². The predicted molar refractivity (Wildman–Crippen MR) is 142 cm³/mol. The second kappa shape index (κ2) is 13.9. The van der Waals surface area contributed by atoms with Gasteiger partial charge in [0, 0.05) is 41.5 Å². The fourth-order valence-electron chi connectivity index (χ4n) is 3.28. The topological polar surface area (TPSA) is 67.3 Å². The number of ether oxygens (including phenoxy) is 1. The molecule has 2 aromatic carbocycles. The van der Waals surface area contributed by atoms with Crippen molar-refractivity contribution in [3.05, 3.63) is 79.4 Å². The first-order valence-corrected chi connectivity index (χ1v) is 11.0. The van der Waals surface area contributed by atoms with Gasteiger partial charge in [-0.2, -0.15) is 8.78 Å². The average Bonchev–Trinajstić information content (AvgIpc) is 3.30. The first-order valence-electron chi connectivity index (χ1n) is 10.5. The molecular formula is C26H33F3N3O2P. The number of benzene rings is 2. The van der Waals surface area contributed by atoms with Gasteiger partial charge in [-0.3, -0.25) is 4.39 Å². The fraction of sp³-hybridized carbons (Fsp3) is 0.308. The third kappa shape index (κ3) is 8.13. The largest absolute Gasteiger partial charge is 0.386 e. The molecule has 1 saturated heterocycles. The van der Waals surface area contributed by atoms with E-state index in [4.69, 9.17) is 4.74 Å². The highest BCUT2D eigenvalue weighted by Crippen LogP contribution is 2.36. The summed E-state index contributed by atoms with van der Waals surface area (Å²) in [6.45, 7) is 7.86. The Balaban J connectivity index is 0.000000797. The minimum absolute atomic E-state index is 0. The number of rotatable bonds is 6. The van der Waals surface area contributed by atoms with Crippen molar-refractivity contribution in [1.82, 2.24) is 10.2 Å². The van der Waals surface area contributed by atoms with Crippen LogP contribution in [0.2, 0.25) is 0 Å². The van der Waals surface area contributed by atoms with Gasteiger partial charge in [-0.1, -0.05) is 90.5 Å². The Kier molecular flexibility index (Phi) is 12.0. The Labute approximate surface area is 207 Å². The third-order valence-corrected chi connectivity index (χ3v) is 5.40. The Hall–Kier alpha value is -2.80. The predicted octanol–water partition coefficient (Wildman–Crippen LogP) is 6.36. The maximum Gasteiger partial charge on any atom is 0.283 e. The zero-order valence-electron chi connectivity index (χ0n) is 19.0. The second-order valence-electron chi connectivity index (χ2n) is 7.49. The molecule has 0 saturated carbocycles. The van der Waals surface area contributed by atoms with Crippen LogP contribution in [0.5, 0.6) is 0 Å². The van der Waals surface area contributed by atoms with Crippen LogP contribution in [0.3, 0.4) is 0 Å². The molecular weight excluding hydrogens is 474 g/mol. The van der Waals surface area contributed by atoms with E-state index in [9.17, 15) is 18.3 Å². The number of hydrogen-bond donors (Lipinski definition) is 2. The lowest BCUT2D eigenvalue weighted by Crippen LogP contribution is -2.37. The number of anilines is 1. The van der Waals surface area contributed by atoms with E-state index in [-0.39, 0.29) is 19.6 Å². The van der Waals surface area contributed by atoms with Gasteiger partial charge in [-0.05, 0) is 0 Å². The fourth-order valence-corrected chi connectivity index (χ4v) is 3.47. The number of halogens is 3. The zero-order valence-corrected chi connectivity index (χ0v) is 20.1. The summed E-state index contributed by atoms with van der Waals surface area (Å²) in [5, 5.41) is 23.9. The summed E-state index contributed by atoms with van der Waals surface area (Å²) in [4.78, 5) is 0. The van der Waals surface area contributed by atoms with Gasteiger partial charge < -0.3 is 15.2 Å². The van der Waals surface area contributed by atoms with Crippen LogP contribution in [0, 0.1) is 0 Å². The number of allylic oxidation sites excluding steroid dienone is 2. The number of aromatic nitrogens is 2. The van der Waals surface area contributed by atoms with Gasteiger partial charge in [0.25, 0.3) is 5.66 Å². The van der Waals surface area contributed by atoms with E-state index < -0.39 is 11.3 Å². The van der Waals surface area contributed by atoms with Crippen LogP contribution in [0.15, 0.2) is 73.8 Å². The number of alkyl halides is 3. The highest BCUT2D eigenvalue weighted by atomic mass is 31.0. The number of fused-ring (bicyclic) bond motifs is 1. The monoisotopic (exact) mass is 507 g/mol. The molecule has 1 aliphatic heterocycles. The second-order valence-corrected chi connectivity index (χ2v) is 8.22.